The van der Waals surface area contributed by atoms with Crippen LogP contribution in [0.15, 0.2) is 34.3 Å². The first-order valence-corrected chi connectivity index (χ1v) is 6.66. The second-order valence-corrected chi connectivity index (χ2v) is 5.75. The van der Waals surface area contributed by atoms with E-state index in [0.717, 1.165) is 0 Å². The molecule has 1 aromatic carbocycles. The molecule has 0 radical (unpaired) electrons. The largest absolute Gasteiger partial charge is 0.280 e. The fourth-order valence-electron chi connectivity index (χ4n) is 1.22. The minimum Gasteiger partial charge on any atom is -0.280 e. The predicted octanol–water partition coefficient (Wildman–Crippen LogP) is 0.729. The highest BCUT2D eigenvalue weighted by atomic mass is 35.7. The average molecular weight is 261 g/mol. The van der Waals surface area contributed by atoms with Crippen LogP contribution in [0.2, 0.25) is 0 Å². The molecular weight excluding hydrogens is 252 g/mol. The second-order valence-electron chi connectivity index (χ2n) is 3.19. The van der Waals surface area contributed by atoms with Crippen LogP contribution in [-0.2, 0) is 9.05 Å². The number of rotatable bonds is 2. The first-order chi connectivity index (χ1) is 7.47. The van der Waals surface area contributed by atoms with Crippen molar-refractivity contribution in [3.8, 4) is 0 Å². The van der Waals surface area contributed by atoms with Gasteiger partial charge in [-0.25, -0.2) is 8.42 Å². The number of hydrazine groups is 2. The fraction of sp³-hybridized carbons (Fsp3) is 0.125. The molecule has 0 saturated heterocycles. The number of hydrogen-bond acceptors (Lipinski definition) is 6. The Bertz CT molecular complexity index is 531. The van der Waals surface area contributed by atoms with Crippen LogP contribution >= 0.6 is 10.7 Å². The van der Waals surface area contributed by atoms with Gasteiger partial charge in [0.2, 0.25) is 0 Å². The standard InChI is InChI=1S/C8H9ClN4O2S/c1-12-6-10-13(11-12)7-3-2-4-8(5-7)16(9,14)15/h2-6,11H,1H3. The molecule has 1 aromatic rings. The molecule has 1 heterocycles. The van der Waals surface area contributed by atoms with Crippen molar-refractivity contribution in [1.29, 1.82) is 0 Å². The first-order valence-electron chi connectivity index (χ1n) is 4.35. The number of halogens is 1. The van der Waals surface area contributed by atoms with Crippen LogP contribution in [0.3, 0.4) is 0 Å². The van der Waals surface area contributed by atoms with E-state index in [1.54, 1.807) is 30.5 Å². The first kappa shape index (κ1) is 11.2. The van der Waals surface area contributed by atoms with Crippen molar-refractivity contribution in [3.05, 3.63) is 24.3 Å². The van der Waals surface area contributed by atoms with E-state index in [9.17, 15) is 8.42 Å². The topological polar surface area (TPSA) is 65.0 Å². The van der Waals surface area contributed by atoms with E-state index in [4.69, 9.17) is 10.7 Å². The molecule has 0 spiro atoms. The molecule has 0 bridgehead atoms. The molecule has 0 atom stereocenters. The van der Waals surface area contributed by atoms with E-state index in [2.05, 4.69) is 10.6 Å². The van der Waals surface area contributed by atoms with E-state index >= 15 is 0 Å². The van der Waals surface area contributed by atoms with E-state index in [-0.39, 0.29) is 4.90 Å². The lowest BCUT2D eigenvalue weighted by molar-refractivity contribution is 0.396. The molecule has 0 unspecified atom stereocenters. The van der Waals surface area contributed by atoms with E-state index < -0.39 is 9.05 Å². The summed E-state index contributed by atoms with van der Waals surface area (Å²) < 4.78 is 22.3. The quantitative estimate of drug-likeness (QED) is 0.794. The maximum atomic E-state index is 11.1. The van der Waals surface area contributed by atoms with Crippen molar-refractivity contribution in [3.63, 3.8) is 0 Å². The van der Waals surface area contributed by atoms with Crippen LogP contribution in [-0.4, -0.2) is 26.8 Å². The lowest BCUT2D eigenvalue weighted by atomic mass is 10.3. The molecule has 16 heavy (non-hydrogen) atoms. The molecule has 0 amide bonds. The number of nitrogens with one attached hydrogen (secondary N) is 1. The number of hydrogen-bond donors (Lipinski definition) is 1. The zero-order valence-electron chi connectivity index (χ0n) is 8.33. The summed E-state index contributed by atoms with van der Waals surface area (Å²) in [5, 5.41) is 7.06. The molecule has 0 saturated carbocycles. The van der Waals surface area contributed by atoms with Crippen LogP contribution < -0.4 is 10.7 Å². The number of benzene rings is 1. The van der Waals surface area contributed by atoms with Gasteiger partial charge < -0.3 is 0 Å². The maximum absolute atomic E-state index is 11.1. The SMILES string of the molecule is CN1C=NN(c2cccc(S(=O)(=O)Cl)c2)N1. The minimum atomic E-state index is -3.72. The number of hydrazone groups is 1. The highest BCUT2D eigenvalue weighted by molar-refractivity contribution is 8.13. The van der Waals surface area contributed by atoms with Crippen molar-refractivity contribution in [2.75, 3.05) is 12.2 Å². The van der Waals surface area contributed by atoms with Gasteiger partial charge in [0.15, 0.2) is 0 Å². The molecule has 0 aromatic heterocycles. The Labute approximate surface area is 97.5 Å². The predicted molar refractivity (Wildman–Crippen MR) is 61.4 cm³/mol. The van der Waals surface area contributed by atoms with Gasteiger partial charge in [-0.05, 0) is 18.2 Å². The van der Waals surface area contributed by atoms with Gasteiger partial charge in [-0.15, -0.1) is 10.6 Å². The number of anilines is 1. The summed E-state index contributed by atoms with van der Waals surface area (Å²) in [4.78, 5) is 0.0400. The molecule has 0 fully saturated rings. The minimum absolute atomic E-state index is 0.0400. The smallest absolute Gasteiger partial charge is 0.261 e. The summed E-state index contributed by atoms with van der Waals surface area (Å²) in [5.74, 6) is 0. The molecule has 1 N–H and O–H groups in total. The molecule has 1 aliphatic heterocycles. The Kier molecular flexibility index (Phi) is 2.75. The Hall–Kier alpha value is -1.31. The summed E-state index contributed by atoms with van der Waals surface area (Å²) in [5.41, 5.74) is 3.44. The Morgan fingerprint density at radius 3 is 2.75 bits per heavy atom. The molecule has 6 nitrogen and oxygen atoms in total. The van der Waals surface area contributed by atoms with Gasteiger partial charge in [-0.1, -0.05) is 6.07 Å². The van der Waals surface area contributed by atoms with Gasteiger partial charge in [-0.2, -0.15) is 5.12 Å². The van der Waals surface area contributed by atoms with Gasteiger partial charge >= 0.3 is 0 Å². The molecule has 1 aliphatic rings. The van der Waals surface area contributed by atoms with Crippen LogP contribution in [0.4, 0.5) is 5.69 Å². The average Bonchev–Trinajstić information content (AvgIpc) is 2.64. The number of nitrogens with zero attached hydrogens (tertiary/aromatic N) is 3. The van der Waals surface area contributed by atoms with Crippen LogP contribution in [0, 0.1) is 0 Å². The van der Waals surface area contributed by atoms with Crippen molar-refractivity contribution < 1.29 is 8.42 Å². The third-order valence-corrected chi connectivity index (χ3v) is 3.29. The lowest BCUT2D eigenvalue weighted by Crippen LogP contribution is -2.37. The van der Waals surface area contributed by atoms with Gasteiger partial charge in [0.25, 0.3) is 9.05 Å². The highest BCUT2D eigenvalue weighted by Crippen LogP contribution is 2.21. The molecule has 8 heteroatoms. The van der Waals surface area contributed by atoms with Gasteiger partial charge in [0.05, 0.1) is 10.6 Å². The summed E-state index contributed by atoms with van der Waals surface area (Å²) in [7, 11) is 3.30. The summed E-state index contributed by atoms with van der Waals surface area (Å²) in [6.45, 7) is 0. The molecular formula is C8H9ClN4O2S. The van der Waals surface area contributed by atoms with Crippen molar-refractivity contribution in [2.24, 2.45) is 5.10 Å². The Morgan fingerprint density at radius 2 is 2.19 bits per heavy atom. The normalized spacial score (nSPS) is 15.9. The van der Waals surface area contributed by atoms with Crippen LogP contribution in [0.25, 0.3) is 0 Å². The summed E-state index contributed by atoms with van der Waals surface area (Å²) in [6, 6.07) is 6.18. The summed E-state index contributed by atoms with van der Waals surface area (Å²) in [6.07, 6.45) is 1.56. The zero-order chi connectivity index (χ0) is 11.8. The van der Waals surface area contributed by atoms with Crippen molar-refractivity contribution in [2.45, 2.75) is 4.90 Å². The van der Waals surface area contributed by atoms with Gasteiger partial charge in [-0.3, -0.25) is 5.01 Å². The van der Waals surface area contributed by atoms with E-state index in [1.165, 1.54) is 17.3 Å². The molecule has 86 valence electrons. The fourth-order valence-corrected chi connectivity index (χ4v) is 2.01. The summed E-state index contributed by atoms with van der Waals surface area (Å²) >= 11 is 0. The van der Waals surface area contributed by atoms with Crippen LogP contribution in [0.1, 0.15) is 0 Å². The van der Waals surface area contributed by atoms with E-state index in [0.29, 0.717) is 5.69 Å². The third kappa shape index (κ3) is 2.26. The van der Waals surface area contributed by atoms with Crippen molar-refractivity contribution >= 4 is 31.8 Å². The monoisotopic (exact) mass is 260 g/mol. The molecule has 2 rings (SSSR count). The second kappa shape index (κ2) is 3.93. The zero-order valence-corrected chi connectivity index (χ0v) is 9.90. The van der Waals surface area contributed by atoms with Gasteiger partial charge in [0, 0.05) is 17.7 Å². The lowest BCUT2D eigenvalue weighted by Gasteiger charge is -2.16. The molecule has 0 aliphatic carbocycles. The third-order valence-electron chi connectivity index (χ3n) is 1.94. The van der Waals surface area contributed by atoms with E-state index in [1.807, 2.05) is 0 Å². The van der Waals surface area contributed by atoms with Crippen molar-refractivity contribution in [1.82, 2.24) is 10.5 Å². The Balaban J connectivity index is 2.34. The van der Waals surface area contributed by atoms with Crippen LogP contribution in [0.5, 0.6) is 0 Å². The maximum Gasteiger partial charge on any atom is 0.261 e. The van der Waals surface area contributed by atoms with Gasteiger partial charge in [0.1, 0.15) is 6.34 Å². The highest BCUT2D eigenvalue weighted by Gasteiger charge is 2.15. The Morgan fingerprint density at radius 1 is 1.44 bits per heavy atom.